The maximum atomic E-state index is 13.6. The van der Waals surface area contributed by atoms with Crippen LogP contribution in [0.15, 0.2) is 59.9 Å². The van der Waals surface area contributed by atoms with E-state index in [1.54, 1.807) is 12.3 Å². The number of pyridine rings is 1. The molecule has 0 bridgehead atoms. The van der Waals surface area contributed by atoms with E-state index in [-0.39, 0.29) is 28.9 Å². The van der Waals surface area contributed by atoms with Crippen molar-refractivity contribution in [2.45, 2.75) is 52.5 Å². The molecular formula is C29H30FN5O3. The average Bonchev–Trinajstić information content (AvgIpc) is 3.23. The van der Waals surface area contributed by atoms with Crippen molar-refractivity contribution in [3.05, 3.63) is 77.0 Å². The summed E-state index contributed by atoms with van der Waals surface area (Å²) < 4.78 is 19.2. The van der Waals surface area contributed by atoms with E-state index in [9.17, 15) is 14.0 Å². The van der Waals surface area contributed by atoms with Gasteiger partial charge in [0.1, 0.15) is 11.6 Å². The van der Waals surface area contributed by atoms with Crippen molar-refractivity contribution in [2.24, 2.45) is 5.41 Å². The van der Waals surface area contributed by atoms with Crippen LogP contribution in [0.2, 0.25) is 0 Å². The second-order valence-corrected chi connectivity index (χ2v) is 10.8. The van der Waals surface area contributed by atoms with Gasteiger partial charge in [-0.3, -0.25) is 14.9 Å². The number of carbonyl (C=O) groups is 2. The van der Waals surface area contributed by atoms with Gasteiger partial charge in [0.05, 0.1) is 11.3 Å². The van der Waals surface area contributed by atoms with E-state index in [1.807, 2.05) is 44.2 Å². The SMILES string of the molecule is CC(C)NC(=O)Oc1n[nH]c2c1C(/C=C/c1ccc(-c3cccc(F)c3)cn1)C1=C(CC(C)(C)CC1=O)N2. The number of nitrogens with zero attached hydrogens (tertiary/aromatic N) is 2. The molecule has 3 aromatic rings. The molecule has 3 N–H and O–H groups in total. The molecule has 0 radical (unpaired) electrons. The lowest BCUT2D eigenvalue weighted by Crippen LogP contribution is -2.34. The maximum absolute atomic E-state index is 13.6. The molecule has 0 saturated carbocycles. The third-order valence-electron chi connectivity index (χ3n) is 6.59. The number of anilines is 1. The van der Waals surface area contributed by atoms with Crippen molar-refractivity contribution >= 4 is 23.8 Å². The van der Waals surface area contributed by atoms with Gasteiger partial charge in [0, 0.05) is 41.4 Å². The van der Waals surface area contributed by atoms with Gasteiger partial charge in [0.25, 0.3) is 0 Å². The molecular weight excluding hydrogens is 485 g/mol. The number of fused-ring (bicyclic) bond motifs is 1. The second-order valence-electron chi connectivity index (χ2n) is 10.8. The van der Waals surface area contributed by atoms with Gasteiger partial charge in [0.2, 0.25) is 5.88 Å². The zero-order valence-electron chi connectivity index (χ0n) is 21.8. The number of carbonyl (C=O) groups excluding carboxylic acids is 2. The Balaban J connectivity index is 1.49. The highest BCUT2D eigenvalue weighted by Gasteiger charge is 2.41. The normalized spacial score (nSPS) is 18.3. The van der Waals surface area contributed by atoms with Crippen molar-refractivity contribution in [3.63, 3.8) is 0 Å². The van der Waals surface area contributed by atoms with Crippen LogP contribution in [0.3, 0.4) is 0 Å². The molecule has 8 nitrogen and oxygen atoms in total. The summed E-state index contributed by atoms with van der Waals surface area (Å²) in [6, 6.07) is 9.95. The molecule has 2 aliphatic rings. The lowest BCUT2D eigenvalue weighted by atomic mass is 9.70. The first-order valence-electron chi connectivity index (χ1n) is 12.6. The smallest absolute Gasteiger partial charge is 0.389 e. The molecule has 5 rings (SSSR count). The van der Waals surface area contributed by atoms with Crippen LogP contribution in [0, 0.1) is 11.2 Å². The number of hydrogen-bond donors (Lipinski definition) is 3. The molecule has 38 heavy (non-hydrogen) atoms. The first kappa shape index (κ1) is 25.4. The molecule has 2 aromatic heterocycles. The van der Waals surface area contributed by atoms with Crippen LogP contribution in [0.5, 0.6) is 5.88 Å². The summed E-state index contributed by atoms with van der Waals surface area (Å²) in [6.07, 6.45) is 5.89. The monoisotopic (exact) mass is 515 g/mol. The summed E-state index contributed by atoms with van der Waals surface area (Å²) in [6.45, 7) is 7.80. The standard InChI is InChI=1S/C29H30FN5O3/c1-16(2)32-28(37)38-27-25-21(24-22(33-26(25)34-35-27)13-29(3,4)14-23(24)36)11-10-20-9-8-18(15-31-20)17-6-5-7-19(30)12-17/h5-12,15-16,21H,13-14H2,1-4H3,(H,32,37)(H2,33,34,35)/b11-10+. The van der Waals surface area contributed by atoms with Crippen molar-refractivity contribution in [3.8, 4) is 17.0 Å². The Bertz CT molecular complexity index is 1450. The van der Waals surface area contributed by atoms with Crippen LogP contribution in [-0.4, -0.2) is 33.1 Å². The minimum absolute atomic E-state index is 0.0391. The van der Waals surface area contributed by atoms with Gasteiger partial charge in [-0.25, -0.2) is 9.18 Å². The van der Waals surface area contributed by atoms with E-state index >= 15 is 0 Å². The van der Waals surface area contributed by atoms with Crippen LogP contribution in [0.1, 0.15) is 57.7 Å². The first-order chi connectivity index (χ1) is 18.1. The summed E-state index contributed by atoms with van der Waals surface area (Å²) in [5, 5.41) is 13.2. The number of aromatic nitrogens is 3. The summed E-state index contributed by atoms with van der Waals surface area (Å²) in [7, 11) is 0. The fourth-order valence-electron chi connectivity index (χ4n) is 4.98. The second kappa shape index (κ2) is 9.89. The largest absolute Gasteiger partial charge is 0.414 e. The molecule has 9 heteroatoms. The molecule has 1 aliphatic heterocycles. The molecule has 1 unspecified atom stereocenters. The lowest BCUT2D eigenvalue weighted by Gasteiger charge is -2.37. The maximum Gasteiger partial charge on any atom is 0.414 e. The van der Waals surface area contributed by atoms with Gasteiger partial charge in [-0.15, -0.1) is 5.10 Å². The Hall–Kier alpha value is -4.27. The molecule has 1 aliphatic carbocycles. The molecule has 196 valence electrons. The van der Waals surface area contributed by atoms with Gasteiger partial charge >= 0.3 is 6.09 Å². The number of rotatable bonds is 5. The van der Waals surface area contributed by atoms with E-state index in [0.717, 1.165) is 16.8 Å². The number of halogens is 1. The van der Waals surface area contributed by atoms with Crippen LogP contribution < -0.4 is 15.4 Å². The van der Waals surface area contributed by atoms with Crippen LogP contribution in [-0.2, 0) is 4.79 Å². The van der Waals surface area contributed by atoms with E-state index in [4.69, 9.17) is 4.74 Å². The van der Waals surface area contributed by atoms with Gasteiger partial charge in [-0.2, -0.15) is 0 Å². The van der Waals surface area contributed by atoms with Crippen molar-refractivity contribution < 1.29 is 18.7 Å². The zero-order valence-corrected chi connectivity index (χ0v) is 21.8. The number of aromatic amines is 1. The van der Waals surface area contributed by atoms with Gasteiger partial charge in [-0.1, -0.05) is 38.1 Å². The number of amides is 1. The predicted molar refractivity (Wildman–Crippen MR) is 143 cm³/mol. The number of ketones is 1. The van der Waals surface area contributed by atoms with Gasteiger partial charge < -0.3 is 15.4 Å². The molecule has 1 amide bonds. The number of H-pyrrole nitrogens is 1. The zero-order chi connectivity index (χ0) is 27.0. The summed E-state index contributed by atoms with van der Waals surface area (Å²) >= 11 is 0. The number of nitrogens with one attached hydrogen (secondary N) is 3. The van der Waals surface area contributed by atoms with Gasteiger partial charge in [0.15, 0.2) is 5.78 Å². The Labute approximate surface area is 220 Å². The molecule has 3 heterocycles. The first-order valence-corrected chi connectivity index (χ1v) is 12.6. The third kappa shape index (κ3) is 5.22. The number of allylic oxidation sites excluding steroid dienone is 3. The average molecular weight is 516 g/mol. The number of benzene rings is 1. The summed E-state index contributed by atoms with van der Waals surface area (Å²) in [4.78, 5) is 30.3. The highest BCUT2D eigenvalue weighted by atomic mass is 19.1. The Morgan fingerprint density at radius 2 is 2.03 bits per heavy atom. The van der Waals surface area contributed by atoms with Gasteiger partial charge in [-0.05, 0) is 55.5 Å². The Kier molecular flexibility index (Phi) is 6.60. The minimum atomic E-state index is -0.623. The van der Waals surface area contributed by atoms with Crippen molar-refractivity contribution in [1.29, 1.82) is 0 Å². The topological polar surface area (TPSA) is 109 Å². The fraction of sp³-hybridized carbons (Fsp3) is 0.310. The molecule has 0 spiro atoms. The van der Waals surface area contributed by atoms with E-state index in [0.29, 0.717) is 35.5 Å². The minimum Gasteiger partial charge on any atom is -0.389 e. The molecule has 0 saturated heterocycles. The Morgan fingerprint density at radius 3 is 2.74 bits per heavy atom. The van der Waals surface area contributed by atoms with Crippen LogP contribution in [0.4, 0.5) is 15.0 Å². The number of hydrogen-bond acceptors (Lipinski definition) is 6. The third-order valence-corrected chi connectivity index (χ3v) is 6.59. The summed E-state index contributed by atoms with van der Waals surface area (Å²) in [5.41, 5.74) is 4.08. The van der Waals surface area contributed by atoms with Crippen LogP contribution >= 0.6 is 0 Å². The molecule has 1 aromatic carbocycles. The fourth-order valence-corrected chi connectivity index (χ4v) is 4.98. The number of ether oxygens (including phenoxy) is 1. The van der Waals surface area contributed by atoms with Crippen LogP contribution in [0.25, 0.3) is 17.2 Å². The molecule has 1 atom stereocenters. The van der Waals surface area contributed by atoms with Crippen molar-refractivity contribution in [1.82, 2.24) is 20.5 Å². The number of Topliss-reactive ketones (excluding diaryl/α,β-unsaturated/α-hetero) is 1. The van der Waals surface area contributed by atoms with Crippen molar-refractivity contribution in [2.75, 3.05) is 5.32 Å². The Morgan fingerprint density at radius 1 is 1.21 bits per heavy atom. The molecule has 0 fully saturated rings. The van der Waals surface area contributed by atoms with E-state index < -0.39 is 12.0 Å². The van der Waals surface area contributed by atoms with E-state index in [2.05, 4.69) is 39.7 Å². The quantitative estimate of drug-likeness (QED) is 0.386. The summed E-state index contributed by atoms with van der Waals surface area (Å²) in [5.74, 6) is -0.0604. The highest BCUT2D eigenvalue weighted by Crippen LogP contribution is 2.49. The van der Waals surface area contributed by atoms with E-state index in [1.165, 1.54) is 12.1 Å². The predicted octanol–water partition coefficient (Wildman–Crippen LogP) is 5.97. The highest BCUT2D eigenvalue weighted by molar-refractivity contribution is 6.01. The lowest BCUT2D eigenvalue weighted by molar-refractivity contribution is -0.118.